The second-order valence-electron chi connectivity index (χ2n) is 1.59. The van der Waals surface area contributed by atoms with Gasteiger partial charge in [0.1, 0.15) is 0 Å². The summed E-state index contributed by atoms with van der Waals surface area (Å²) in [5, 5.41) is 1.90. The van der Waals surface area contributed by atoms with Crippen LogP contribution in [0.4, 0.5) is 0 Å². The molecule has 0 atom stereocenters. The molecule has 0 bridgehead atoms. The van der Waals surface area contributed by atoms with Crippen molar-refractivity contribution in [3.05, 3.63) is 23.4 Å². The summed E-state index contributed by atoms with van der Waals surface area (Å²) in [7, 11) is 1.98. The molecule has 0 spiro atoms. The fourth-order valence-corrected chi connectivity index (χ4v) is 0.907. The van der Waals surface area contributed by atoms with Crippen molar-refractivity contribution in [1.82, 2.24) is 4.31 Å². The molecule has 2 nitrogen and oxygen atoms in total. The maximum atomic E-state index is 5.42. The van der Waals surface area contributed by atoms with Gasteiger partial charge in [0.05, 0.1) is 0 Å². The zero-order valence-corrected chi connectivity index (χ0v) is 7.48. The van der Waals surface area contributed by atoms with Crippen molar-refractivity contribution >= 4 is 11.9 Å². The van der Waals surface area contributed by atoms with Gasteiger partial charge in [-0.1, -0.05) is 13.8 Å². The van der Waals surface area contributed by atoms with E-state index in [2.05, 4.69) is 0 Å². The van der Waals surface area contributed by atoms with Crippen molar-refractivity contribution in [2.24, 2.45) is 5.73 Å². The monoisotopic (exact) mass is 158 g/mol. The molecule has 0 aromatic heterocycles. The molecule has 0 amide bonds. The molecule has 1 rings (SSSR count). The third-order valence-electron chi connectivity index (χ3n) is 0.832. The van der Waals surface area contributed by atoms with Crippen LogP contribution < -0.4 is 5.73 Å². The van der Waals surface area contributed by atoms with Crippen LogP contribution in [-0.2, 0) is 0 Å². The van der Waals surface area contributed by atoms with Crippen LogP contribution in [0.2, 0.25) is 0 Å². The zero-order chi connectivity index (χ0) is 7.98. The summed E-state index contributed by atoms with van der Waals surface area (Å²) in [4.78, 5) is 0. The molecule has 10 heavy (non-hydrogen) atoms. The Kier molecular flexibility index (Phi) is 4.94. The van der Waals surface area contributed by atoms with Gasteiger partial charge in [-0.05, 0) is 18.0 Å². The van der Waals surface area contributed by atoms with Crippen LogP contribution in [0.1, 0.15) is 13.8 Å². The van der Waals surface area contributed by atoms with E-state index in [1.165, 1.54) is 0 Å². The summed E-state index contributed by atoms with van der Waals surface area (Å²) in [5.74, 6) is 0. The maximum Gasteiger partial charge on any atom is 0.0410 e. The first-order chi connectivity index (χ1) is 4.79. The third-order valence-corrected chi connectivity index (χ3v) is 1.66. The van der Waals surface area contributed by atoms with E-state index in [1.807, 2.05) is 42.9 Å². The summed E-state index contributed by atoms with van der Waals surface area (Å²) < 4.78 is 1.98. The van der Waals surface area contributed by atoms with Gasteiger partial charge in [0.15, 0.2) is 0 Å². The van der Waals surface area contributed by atoms with Crippen LogP contribution in [-0.4, -0.2) is 11.4 Å². The molecule has 1 aliphatic rings. The molecule has 3 heteroatoms. The SMILES string of the molecule is CC.CN1C=CC(N)=CS1. The molecule has 0 aliphatic carbocycles. The van der Waals surface area contributed by atoms with Crippen molar-refractivity contribution < 1.29 is 0 Å². The molecule has 0 aromatic carbocycles. The van der Waals surface area contributed by atoms with E-state index >= 15 is 0 Å². The molecule has 0 saturated carbocycles. The lowest BCUT2D eigenvalue weighted by molar-refractivity contribution is 0.775. The third kappa shape index (κ3) is 3.45. The van der Waals surface area contributed by atoms with Crippen molar-refractivity contribution in [1.29, 1.82) is 0 Å². The van der Waals surface area contributed by atoms with Crippen LogP contribution in [0.5, 0.6) is 0 Å². The van der Waals surface area contributed by atoms with E-state index in [0.717, 1.165) is 5.70 Å². The first kappa shape index (κ1) is 9.43. The first-order valence-electron chi connectivity index (χ1n) is 3.32. The van der Waals surface area contributed by atoms with Gasteiger partial charge in [-0.15, -0.1) is 0 Å². The number of allylic oxidation sites excluding steroid dienone is 1. The van der Waals surface area contributed by atoms with E-state index in [4.69, 9.17) is 5.73 Å². The molecule has 0 saturated heterocycles. The molecule has 1 heterocycles. The Morgan fingerprint density at radius 3 is 2.40 bits per heavy atom. The van der Waals surface area contributed by atoms with E-state index in [0.29, 0.717) is 0 Å². The maximum absolute atomic E-state index is 5.42. The molecule has 2 N–H and O–H groups in total. The number of hydrogen-bond acceptors (Lipinski definition) is 3. The normalized spacial score (nSPS) is 15.5. The zero-order valence-electron chi connectivity index (χ0n) is 6.66. The van der Waals surface area contributed by atoms with E-state index in [-0.39, 0.29) is 0 Å². The summed E-state index contributed by atoms with van der Waals surface area (Å²) in [6, 6.07) is 0. The van der Waals surface area contributed by atoms with E-state index in [9.17, 15) is 0 Å². The average Bonchev–Trinajstić information content (AvgIpc) is 2.00. The average molecular weight is 158 g/mol. The summed E-state index contributed by atoms with van der Waals surface area (Å²) >= 11 is 1.59. The molecule has 0 fully saturated rings. The minimum Gasteiger partial charge on any atom is -0.398 e. The lowest BCUT2D eigenvalue weighted by atomic mass is 10.5. The Morgan fingerprint density at radius 1 is 1.50 bits per heavy atom. The highest BCUT2D eigenvalue weighted by Gasteiger charge is 1.94. The topological polar surface area (TPSA) is 29.3 Å². The Hall–Kier alpha value is -0.570. The van der Waals surface area contributed by atoms with Gasteiger partial charge >= 0.3 is 0 Å². The molecule has 0 aromatic rings. The predicted octanol–water partition coefficient (Wildman–Crippen LogP) is 1.92. The van der Waals surface area contributed by atoms with Gasteiger partial charge in [0.25, 0.3) is 0 Å². The van der Waals surface area contributed by atoms with Gasteiger partial charge in [0.2, 0.25) is 0 Å². The van der Waals surface area contributed by atoms with E-state index in [1.54, 1.807) is 11.9 Å². The van der Waals surface area contributed by atoms with Crippen molar-refractivity contribution in [2.45, 2.75) is 13.8 Å². The first-order valence-corrected chi connectivity index (χ1v) is 4.16. The molecule has 58 valence electrons. The van der Waals surface area contributed by atoms with Gasteiger partial charge < -0.3 is 10.0 Å². The smallest absolute Gasteiger partial charge is 0.0410 e. The van der Waals surface area contributed by atoms with Gasteiger partial charge in [-0.3, -0.25) is 0 Å². The van der Waals surface area contributed by atoms with Crippen molar-refractivity contribution in [3.8, 4) is 0 Å². The molecule has 1 aliphatic heterocycles. The minimum absolute atomic E-state index is 0.827. The quantitative estimate of drug-likeness (QED) is 0.546. The largest absolute Gasteiger partial charge is 0.398 e. The summed E-state index contributed by atoms with van der Waals surface area (Å²) in [6.07, 6.45) is 3.80. The highest BCUT2D eigenvalue weighted by atomic mass is 32.2. The Labute approximate surface area is 66.9 Å². The molecule has 0 radical (unpaired) electrons. The number of nitrogens with two attached hydrogens (primary N) is 1. The summed E-state index contributed by atoms with van der Waals surface area (Å²) in [5.41, 5.74) is 6.25. The lowest BCUT2D eigenvalue weighted by Gasteiger charge is -2.12. The fourth-order valence-electron chi connectivity index (χ4n) is 0.409. The van der Waals surface area contributed by atoms with Crippen LogP contribution >= 0.6 is 11.9 Å². The summed E-state index contributed by atoms with van der Waals surface area (Å²) in [6.45, 7) is 4.00. The minimum atomic E-state index is 0.827. The Balaban J connectivity index is 0.000000371. The predicted molar refractivity (Wildman–Crippen MR) is 48.1 cm³/mol. The van der Waals surface area contributed by atoms with Crippen LogP contribution in [0, 0.1) is 0 Å². The molecular formula is C7H14N2S. The van der Waals surface area contributed by atoms with Gasteiger partial charge in [-0.2, -0.15) is 0 Å². The lowest BCUT2D eigenvalue weighted by Crippen LogP contribution is -2.04. The number of nitrogens with zero attached hydrogens (tertiary/aromatic N) is 1. The van der Waals surface area contributed by atoms with Crippen LogP contribution in [0.3, 0.4) is 0 Å². The highest BCUT2D eigenvalue weighted by molar-refractivity contribution is 8.00. The Bertz CT molecular complexity index is 141. The Morgan fingerprint density at radius 2 is 2.10 bits per heavy atom. The van der Waals surface area contributed by atoms with E-state index < -0.39 is 0 Å². The van der Waals surface area contributed by atoms with Crippen LogP contribution in [0.15, 0.2) is 23.4 Å². The second-order valence-corrected chi connectivity index (χ2v) is 2.61. The number of rotatable bonds is 0. The van der Waals surface area contributed by atoms with Gasteiger partial charge in [0, 0.05) is 24.4 Å². The standard InChI is InChI=1S/C5H8N2S.C2H6/c1-7-3-2-5(6)4-8-7;1-2/h2-4H,6H2,1H3;1-2H3. The van der Waals surface area contributed by atoms with Crippen LogP contribution in [0.25, 0.3) is 0 Å². The van der Waals surface area contributed by atoms with Gasteiger partial charge in [-0.25, -0.2) is 0 Å². The highest BCUT2D eigenvalue weighted by Crippen LogP contribution is 2.15. The second kappa shape index (κ2) is 5.23. The molecule has 0 unspecified atom stereocenters. The molecular weight excluding hydrogens is 144 g/mol. The number of hydrogen-bond donors (Lipinski definition) is 1. The van der Waals surface area contributed by atoms with Crippen molar-refractivity contribution in [3.63, 3.8) is 0 Å². The fraction of sp³-hybridized carbons (Fsp3) is 0.429. The van der Waals surface area contributed by atoms with Crippen molar-refractivity contribution in [2.75, 3.05) is 7.05 Å².